The van der Waals surface area contributed by atoms with Crippen LogP contribution in [0.4, 0.5) is 4.39 Å². The van der Waals surface area contributed by atoms with Gasteiger partial charge in [0, 0.05) is 16.8 Å². The molecule has 0 aliphatic rings. The third-order valence-electron chi connectivity index (χ3n) is 2.27. The number of carbonyl (C=O) groups is 1. The number of rotatable bonds is 3. The van der Waals surface area contributed by atoms with Gasteiger partial charge in [0.2, 0.25) is 0 Å². The van der Waals surface area contributed by atoms with E-state index in [1.165, 1.54) is 23.5 Å². The highest BCUT2D eigenvalue weighted by atomic mass is 35.5. The van der Waals surface area contributed by atoms with Crippen molar-refractivity contribution >= 4 is 28.7 Å². The van der Waals surface area contributed by atoms with Crippen molar-refractivity contribution in [3.63, 3.8) is 0 Å². The number of hydrogen-bond acceptors (Lipinski definition) is 3. The number of aryl methyl sites for hydroxylation is 1. The normalized spacial score (nSPS) is 10.5. The molecule has 0 aliphatic heterocycles. The van der Waals surface area contributed by atoms with E-state index in [1.807, 2.05) is 6.92 Å². The number of carbonyl (C=O) groups excluding carboxylic acids is 1. The smallest absolute Gasteiger partial charge is 0.186 e. The minimum absolute atomic E-state index is 0.00613. The molecule has 1 aromatic heterocycles. The lowest BCUT2D eigenvalue weighted by atomic mass is 10.1. The van der Waals surface area contributed by atoms with E-state index in [0.717, 1.165) is 5.01 Å². The van der Waals surface area contributed by atoms with Crippen molar-refractivity contribution < 1.29 is 9.18 Å². The van der Waals surface area contributed by atoms with Gasteiger partial charge in [0.1, 0.15) is 11.5 Å². The van der Waals surface area contributed by atoms with Gasteiger partial charge in [0.25, 0.3) is 0 Å². The summed E-state index contributed by atoms with van der Waals surface area (Å²) in [5, 5.41) is 2.83. The molecule has 0 saturated carbocycles. The Kier molecular flexibility index (Phi) is 3.54. The van der Waals surface area contributed by atoms with Crippen LogP contribution in [0.25, 0.3) is 0 Å². The van der Waals surface area contributed by atoms with Gasteiger partial charge >= 0.3 is 0 Å². The molecule has 0 N–H and O–H groups in total. The van der Waals surface area contributed by atoms with Crippen LogP contribution in [0.3, 0.4) is 0 Å². The van der Waals surface area contributed by atoms with Gasteiger partial charge in [0.15, 0.2) is 5.78 Å². The van der Waals surface area contributed by atoms with Gasteiger partial charge in [-0.1, -0.05) is 17.7 Å². The summed E-state index contributed by atoms with van der Waals surface area (Å²) >= 11 is 7.04. The molecule has 2 nitrogen and oxygen atoms in total. The molecule has 1 heterocycles. The minimum Gasteiger partial charge on any atom is -0.292 e. The van der Waals surface area contributed by atoms with E-state index in [-0.39, 0.29) is 12.2 Å². The minimum atomic E-state index is -0.460. The zero-order valence-corrected chi connectivity index (χ0v) is 10.6. The first-order chi connectivity index (χ1) is 8.06. The predicted octanol–water partition coefficient (Wildman–Crippen LogP) is 3.67. The Morgan fingerprint density at radius 2 is 2.29 bits per heavy atom. The van der Waals surface area contributed by atoms with E-state index in [1.54, 1.807) is 11.4 Å². The van der Waals surface area contributed by atoms with Crippen LogP contribution < -0.4 is 0 Å². The molecule has 0 saturated heterocycles. The summed E-state index contributed by atoms with van der Waals surface area (Å²) in [5.74, 6) is -0.645. The Balaban J connectivity index is 2.18. The SMILES string of the molecule is Cc1nc(C(=O)Cc2ccc(Cl)cc2F)cs1. The maximum Gasteiger partial charge on any atom is 0.186 e. The monoisotopic (exact) mass is 269 g/mol. The van der Waals surface area contributed by atoms with Crippen LogP contribution in [-0.2, 0) is 6.42 Å². The number of Topliss-reactive ketones (excluding diaryl/α,β-unsaturated/α-hetero) is 1. The number of thiazole rings is 1. The van der Waals surface area contributed by atoms with Crippen LogP contribution in [0.1, 0.15) is 21.1 Å². The summed E-state index contributed by atoms with van der Waals surface area (Å²) in [7, 11) is 0. The quantitative estimate of drug-likeness (QED) is 0.796. The van der Waals surface area contributed by atoms with Crippen LogP contribution in [-0.4, -0.2) is 10.8 Å². The van der Waals surface area contributed by atoms with Crippen LogP contribution in [0.5, 0.6) is 0 Å². The zero-order chi connectivity index (χ0) is 12.4. The fourth-order valence-electron chi connectivity index (χ4n) is 1.42. The molecule has 0 atom stereocenters. The van der Waals surface area contributed by atoms with Gasteiger partial charge in [-0.2, -0.15) is 0 Å². The molecule has 0 radical (unpaired) electrons. The molecule has 2 rings (SSSR count). The molecule has 0 unspecified atom stereocenters. The second-order valence-electron chi connectivity index (χ2n) is 3.59. The van der Waals surface area contributed by atoms with Crippen molar-refractivity contribution in [2.24, 2.45) is 0 Å². The summed E-state index contributed by atoms with van der Waals surface area (Å²) in [4.78, 5) is 15.9. The average molecular weight is 270 g/mol. The Morgan fingerprint density at radius 3 is 2.88 bits per heavy atom. The van der Waals surface area contributed by atoms with Gasteiger partial charge < -0.3 is 0 Å². The maximum atomic E-state index is 13.5. The molecule has 5 heteroatoms. The topological polar surface area (TPSA) is 30.0 Å². The number of aromatic nitrogens is 1. The van der Waals surface area contributed by atoms with Crippen LogP contribution in [0, 0.1) is 12.7 Å². The number of ketones is 1. The lowest BCUT2D eigenvalue weighted by Crippen LogP contribution is -2.05. The zero-order valence-electron chi connectivity index (χ0n) is 9.04. The van der Waals surface area contributed by atoms with Crippen molar-refractivity contribution in [1.29, 1.82) is 0 Å². The number of halogens is 2. The van der Waals surface area contributed by atoms with Gasteiger partial charge in [-0.3, -0.25) is 4.79 Å². The van der Waals surface area contributed by atoms with E-state index in [4.69, 9.17) is 11.6 Å². The summed E-state index contributed by atoms with van der Waals surface area (Å²) < 4.78 is 13.5. The molecular weight excluding hydrogens is 261 g/mol. The van der Waals surface area contributed by atoms with Crippen molar-refractivity contribution in [1.82, 2.24) is 4.98 Å². The highest BCUT2D eigenvalue weighted by Gasteiger charge is 2.13. The summed E-state index contributed by atoms with van der Waals surface area (Å²) in [5.41, 5.74) is 0.729. The fourth-order valence-corrected chi connectivity index (χ4v) is 2.20. The molecule has 0 fully saturated rings. The number of benzene rings is 1. The summed E-state index contributed by atoms with van der Waals surface area (Å²) in [6.45, 7) is 1.82. The van der Waals surface area contributed by atoms with Crippen LogP contribution in [0.15, 0.2) is 23.6 Å². The lowest BCUT2D eigenvalue weighted by molar-refractivity contribution is 0.0987. The molecule has 2 aromatic rings. The van der Waals surface area contributed by atoms with Crippen molar-refractivity contribution in [3.05, 3.63) is 50.7 Å². The Morgan fingerprint density at radius 1 is 1.53 bits per heavy atom. The molecule has 0 amide bonds. The fraction of sp³-hybridized carbons (Fsp3) is 0.167. The van der Waals surface area contributed by atoms with Crippen molar-refractivity contribution in [2.75, 3.05) is 0 Å². The third-order valence-corrected chi connectivity index (χ3v) is 3.28. The third kappa shape index (κ3) is 2.90. The molecule has 0 bridgehead atoms. The summed E-state index contributed by atoms with van der Waals surface area (Å²) in [6, 6.07) is 4.30. The highest BCUT2D eigenvalue weighted by molar-refractivity contribution is 7.09. The van der Waals surface area contributed by atoms with Gasteiger partial charge in [-0.05, 0) is 24.6 Å². The number of hydrogen-bond donors (Lipinski definition) is 0. The van der Waals surface area contributed by atoms with E-state index in [9.17, 15) is 9.18 Å². The summed E-state index contributed by atoms with van der Waals surface area (Å²) in [6.07, 6.45) is 0.00613. The molecule has 17 heavy (non-hydrogen) atoms. The Hall–Kier alpha value is -1.26. The standard InChI is InChI=1S/C12H9ClFNOS/c1-7-15-11(6-17-7)12(16)4-8-2-3-9(13)5-10(8)14/h2-3,5-6H,4H2,1H3. The number of nitrogens with zero attached hydrogens (tertiary/aromatic N) is 1. The predicted molar refractivity (Wildman–Crippen MR) is 66.3 cm³/mol. The van der Waals surface area contributed by atoms with Gasteiger partial charge in [-0.25, -0.2) is 9.37 Å². The largest absolute Gasteiger partial charge is 0.292 e. The van der Waals surface area contributed by atoms with E-state index in [0.29, 0.717) is 16.3 Å². The molecule has 88 valence electrons. The second-order valence-corrected chi connectivity index (χ2v) is 5.09. The second kappa shape index (κ2) is 4.94. The highest BCUT2D eigenvalue weighted by Crippen LogP contribution is 2.17. The Labute approximate surface area is 107 Å². The first kappa shape index (κ1) is 12.2. The van der Waals surface area contributed by atoms with Gasteiger partial charge in [-0.15, -0.1) is 11.3 Å². The van der Waals surface area contributed by atoms with Crippen molar-refractivity contribution in [2.45, 2.75) is 13.3 Å². The van der Waals surface area contributed by atoms with E-state index in [2.05, 4.69) is 4.98 Å². The molecule has 0 aliphatic carbocycles. The van der Waals surface area contributed by atoms with Crippen LogP contribution >= 0.6 is 22.9 Å². The molecule has 1 aromatic carbocycles. The Bertz CT molecular complexity index is 567. The average Bonchev–Trinajstić information content (AvgIpc) is 2.69. The molecular formula is C12H9ClFNOS. The van der Waals surface area contributed by atoms with E-state index < -0.39 is 5.82 Å². The van der Waals surface area contributed by atoms with Crippen molar-refractivity contribution in [3.8, 4) is 0 Å². The maximum absolute atomic E-state index is 13.5. The first-order valence-corrected chi connectivity index (χ1v) is 6.21. The van der Waals surface area contributed by atoms with Gasteiger partial charge in [0.05, 0.1) is 5.01 Å². The first-order valence-electron chi connectivity index (χ1n) is 4.95. The van der Waals surface area contributed by atoms with Crippen LogP contribution in [0.2, 0.25) is 5.02 Å². The van der Waals surface area contributed by atoms with E-state index >= 15 is 0 Å². The molecule has 0 spiro atoms. The lowest BCUT2D eigenvalue weighted by Gasteiger charge is -2.01.